The van der Waals surface area contributed by atoms with Crippen molar-refractivity contribution in [1.82, 2.24) is 10.6 Å². The Labute approximate surface area is 179 Å². The summed E-state index contributed by atoms with van der Waals surface area (Å²) in [5.41, 5.74) is 1.52. The van der Waals surface area contributed by atoms with Gasteiger partial charge >= 0.3 is 0 Å². The van der Waals surface area contributed by atoms with Gasteiger partial charge in [-0.3, -0.25) is 9.59 Å². The average molecular weight is 423 g/mol. The number of ether oxygens (including phenoxy) is 2. The van der Waals surface area contributed by atoms with Gasteiger partial charge in [0.1, 0.15) is 17.2 Å². The highest BCUT2D eigenvalue weighted by atomic mass is 32.1. The van der Waals surface area contributed by atoms with E-state index in [0.29, 0.717) is 17.9 Å². The summed E-state index contributed by atoms with van der Waals surface area (Å²) in [6.45, 7) is 0.322. The Morgan fingerprint density at radius 2 is 1.57 bits per heavy atom. The number of carbonyl (C=O) groups excluding carboxylic acids is 2. The number of thiophene rings is 1. The van der Waals surface area contributed by atoms with E-state index in [4.69, 9.17) is 9.47 Å². The summed E-state index contributed by atoms with van der Waals surface area (Å²) in [5, 5.41) is 7.47. The second-order valence-corrected chi connectivity index (χ2v) is 7.27. The molecule has 2 amide bonds. The van der Waals surface area contributed by atoms with Crippen LogP contribution in [-0.4, -0.2) is 26.0 Å². The van der Waals surface area contributed by atoms with Gasteiger partial charge in [0.15, 0.2) is 0 Å². The van der Waals surface area contributed by atoms with Crippen LogP contribution in [0.15, 0.2) is 71.7 Å². The Hall–Kier alpha value is -3.58. The van der Waals surface area contributed by atoms with Crippen LogP contribution in [0.5, 0.6) is 11.5 Å². The largest absolute Gasteiger partial charge is 0.497 e. The van der Waals surface area contributed by atoms with Crippen molar-refractivity contribution < 1.29 is 19.1 Å². The van der Waals surface area contributed by atoms with Crippen molar-refractivity contribution in [2.24, 2.45) is 0 Å². The van der Waals surface area contributed by atoms with E-state index in [2.05, 4.69) is 10.6 Å². The molecule has 0 spiro atoms. The lowest BCUT2D eigenvalue weighted by atomic mass is 10.2. The van der Waals surface area contributed by atoms with Crippen LogP contribution in [-0.2, 0) is 11.3 Å². The van der Waals surface area contributed by atoms with Crippen molar-refractivity contribution >= 4 is 29.2 Å². The van der Waals surface area contributed by atoms with Crippen LogP contribution < -0.4 is 20.1 Å². The molecule has 30 heavy (non-hydrogen) atoms. The number of rotatable bonds is 8. The standard InChI is InChI=1S/C23H22N2O4S/c1-28-18-9-5-16(6-10-18)15-24-23(27)21(14-20-4-3-13-30-20)25-22(26)17-7-11-19(29-2)12-8-17/h3-14H,15H2,1-2H3,(H,24,27)(H,25,26)/b21-14-. The number of carbonyl (C=O) groups is 2. The first-order chi connectivity index (χ1) is 14.6. The first-order valence-electron chi connectivity index (χ1n) is 9.21. The number of hydrogen-bond acceptors (Lipinski definition) is 5. The lowest BCUT2D eigenvalue weighted by Crippen LogP contribution is -2.34. The SMILES string of the molecule is COc1ccc(CNC(=O)/C(=C/c2cccs2)NC(=O)c2ccc(OC)cc2)cc1. The van der Waals surface area contributed by atoms with Crippen LogP contribution >= 0.6 is 11.3 Å². The summed E-state index contributed by atoms with van der Waals surface area (Å²) in [4.78, 5) is 26.3. The normalized spacial score (nSPS) is 10.9. The summed E-state index contributed by atoms with van der Waals surface area (Å²) in [6, 6.07) is 17.8. The minimum absolute atomic E-state index is 0.173. The second kappa shape index (κ2) is 10.3. The van der Waals surface area contributed by atoms with Crippen LogP contribution in [0.4, 0.5) is 0 Å². The fraction of sp³-hybridized carbons (Fsp3) is 0.130. The van der Waals surface area contributed by atoms with Gasteiger partial charge in [-0.1, -0.05) is 18.2 Å². The van der Waals surface area contributed by atoms with Crippen LogP contribution in [0.3, 0.4) is 0 Å². The molecule has 0 saturated heterocycles. The smallest absolute Gasteiger partial charge is 0.268 e. The van der Waals surface area contributed by atoms with Gasteiger partial charge in [0.05, 0.1) is 14.2 Å². The monoisotopic (exact) mass is 422 g/mol. The van der Waals surface area contributed by atoms with Gasteiger partial charge in [-0.05, 0) is 59.5 Å². The highest BCUT2D eigenvalue weighted by molar-refractivity contribution is 7.10. The lowest BCUT2D eigenvalue weighted by Gasteiger charge is -2.11. The Bertz CT molecular complexity index is 1010. The summed E-state index contributed by atoms with van der Waals surface area (Å²) >= 11 is 1.48. The van der Waals surface area contributed by atoms with Crippen LogP contribution in [0, 0.1) is 0 Å². The van der Waals surface area contributed by atoms with Crippen molar-refractivity contribution in [2.75, 3.05) is 14.2 Å². The maximum atomic E-state index is 12.8. The zero-order chi connectivity index (χ0) is 21.3. The number of amides is 2. The molecule has 0 atom stereocenters. The van der Waals surface area contributed by atoms with E-state index in [9.17, 15) is 9.59 Å². The summed E-state index contributed by atoms with van der Waals surface area (Å²) in [5.74, 6) is 0.648. The van der Waals surface area contributed by atoms with E-state index in [0.717, 1.165) is 16.2 Å². The molecular weight excluding hydrogens is 400 g/mol. The van der Waals surface area contributed by atoms with Crippen molar-refractivity contribution in [3.63, 3.8) is 0 Å². The minimum Gasteiger partial charge on any atom is -0.497 e. The first kappa shape index (κ1) is 21.1. The molecule has 3 rings (SSSR count). The topological polar surface area (TPSA) is 76.7 Å². The average Bonchev–Trinajstić information content (AvgIpc) is 3.30. The molecule has 0 aliphatic heterocycles. The number of benzene rings is 2. The van der Waals surface area contributed by atoms with Gasteiger partial charge in [0.25, 0.3) is 11.8 Å². The molecule has 2 aromatic carbocycles. The number of nitrogens with one attached hydrogen (secondary N) is 2. The maximum absolute atomic E-state index is 12.8. The van der Waals surface area contributed by atoms with Crippen LogP contribution in [0.1, 0.15) is 20.8 Å². The molecule has 1 heterocycles. The minimum atomic E-state index is -0.375. The molecule has 2 N–H and O–H groups in total. The van der Waals surface area contributed by atoms with Gasteiger partial charge in [-0.2, -0.15) is 0 Å². The molecule has 0 unspecified atom stereocenters. The summed E-state index contributed by atoms with van der Waals surface area (Å²) in [7, 11) is 3.16. The van der Waals surface area contributed by atoms with Gasteiger partial charge < -0.3 is 20.1 Å². The quantitative estimate of drug-likeness (QED) is 0.541. The molecule has 0 bridgehead atoms. The Morgan fingerprint density at radius 1 is 0.933 bits per heavy atom. The molecule has 0 saturated carbocycles. The zero-order valence-electron chi connectivity index (χ0n) is 16.7. The predicted octanol–water partition coefficient (Wildman–Crippen LogP) is 3.85. The molecular formula is C23H22N2O4S. The van der Waals surface area contributed by atoms with Crippen LogP contribution in [0.25, 0.3) is 6.08 Å². The zero-order valence-corrected chi connectivity index (χ0v) is 17.5. The van der Waals surface area contributed by atoms with Gasteiger partial charge in [0, 0.05) is 17.0 Å². The third-order valence-corrected chi connectivity index (χ3v) is 5.11. The van der Waals surface area contributed by atoms with Crippen molar-refractivity contribution in [2.45, 2.75) is 6.54 Å². The highest BCUT2D eigenvalue weighted by Gasteiger charge is 2.15. The Balaban J connectivity index is 1.72. The lowest BCUT2D eigenvalue weighted by molar-refractivity contribution is -0.117. The number of hydrogen-bond donors (Lipinski definition) is 2. The van der Waals surface area contributed by atoms with Crippen molar-refractivity contribution in [3.8, 4) is 11.5 Å². The summed E-state index contributed by atoms with van der Waals surface area (Å²) in [6.07, 6.45) is 1.66. The molecule has 154 valence electrons. The summed E-state index contributed by atoms with van der Waals surface area (Å²) < 4.78 is 10.3. The fourth-order valence-corrected chi connectivity index (χ4v) is 3.29. The molecule has 7 heteroatoms. The van der Waals surface area contributed by atoms with Crippen LogP contribution in [0.2, 0.25) is 0 Å². The fourth-order valence-electron chi connectivity index (χ4n) is 2.63. The third kappa shape index (κ3) is 5.71. The molecule has 0 fully saturated rings. The Kier molecular flexibility index (Phi) is 7.24. The molecule has 0 aliphatic carbocycles. The third-order valence-electron chi connectivity index (χ3n) is 4.29. The van der Waals surface area contributed by atoms with E-state index >= 15 is 0 Å². The van der Waals surface area contributed by atoms with E-state index in [1.165, 1.54) is 11.3 Å². The van der Waals surface area contributed by atoms with Crippen molar-refractivity contribution in [1.29, 1.82) is 0 Å². The molecule has 0 aliphatic rings. The van der Waals surface area contributed by atoms with Crippen molar-refractivity contribution in [3.05, 3.63) is 87.7 Å². The first-order valence-corrected chi connectivity index (χ1v) is 10.1. The molecule has 0 radical (unpaired) electrons. The predicted molar refractivity (Wildman–Crippen MR) is 118 cm³/mol. The highest BCUT2D eigenvalue weighted by Crippen LogP contribution is 2.15. The molecule has 1 aromatic heterocycles. The maximum Gasteiger partial charge on any atom is 0.268 e. The molecule has 3 aromatic rings. The van der Waals surface area contributed by atoms with E-state index in [1.54, 1.807) is 44.6 Å². The van der Waals surface area contributed by atoms with E-state index in [1.807, 2.05) is 41.8 Å². The number of methoxy groups -OCH3 is 2. The van der Waals surface area contributed by atoms with E-state index < -0.39 is 0 Å². The molecule has 6 nitrogen and oxygen atoms in total. The Morgan fingerprint density at radius 3 is 2.13 bits per heavy atom. The van der Waals surface area contributed by atoms with Gasteiger partial charge in [-0.25, -0.2) is 0 Å². The van der Waals surface area contributed by atoms with Gasteiger partial charge in [0.2, 0.25) is 0 Å². The van der Waals surface area contributed by atoms with E-state index in [-0.39, 0.29) is 17.5 Å². The van der Waals surface area contributed by atoms with Gasteiger partial charge in [-0.15, -0.1) is 11.3 Å². The second-order valence-electron chi connectivity index (χ2n) is 6.29.